The van der Waals surface area contributed by atoms with Gasteiger partial charge in [0.25, 0.3) is 5.91 Å². The summed E-state index contributed by atoms with van der Waals surface area (Å²) in [5.74, 6) is -2.94. The van der Waals surface area contributed by atoms with Crippen molar-refractivity contribution in [2.24, 2.45) is 23.7 Å². The highest BCUT2D eigenvalue weighted by Gasteiger charge is 2.44. The van der Waals surface area contributed by atoms with Crippen molar-refractivity contribution >= 4 is 62.0 Å². The van der Waals surface area contributed by atoms with E-state index in [0.717, 1.165) is 32.4 Å². The fraction of sp³-hybridized carbons (Fsp3) is 0.490. The number of aliphatic hydroxyl groups is 1. The van der Waals surface area contributed by atoms with Gasteiger partial charge in [0.15, 0.2) is 22.4 Å². The van der Waals surface area contributed by atoms with Gasteiger partial charge in [0.1, 0.15) is 28.8 Å². The second-order valence-corrected chi connectivity index (χ2v) is 18.6. The highest BCUT2D eigenvalue weighted by atomic mass is 16.7. The van der Waals surface area contributed by atoms with Crippen LogP contribution < -0.4 is 41.2 Å². The molecule has 15 nitrogen and oxygen atoms in total. The van der Waals surface area contributed by atoms with E-state index in [-0.39, 0.29) is 91.4 Å². The third-order valence-corrected chi connectivity index (χ3v) is 13.5. The van der Waals surface area contributed by atoms with Crippen molar-refractivity contribution in [3.63, 3.8) is 0 Å². The molecule has 8 rings (SSSR count). The van der Waals surface area contributed by atoms with E-state index >= 15 is 4.79 Å². The normalized spacial score (nSPS) is 27.4. The van der Waals surface area contributed by atoms with Crippen LogP contribution in [0.3, 0.4) is 0 Å². The van der Waals surface area contributed by atoms with Crippen molar-refractivity contribution in [3.05, 3.63) is 79.5 Å². The maximum Gasteiger partial charge on any atom is 0.321 e. The lowest BCUT2D eigenvalue weighted by atomic mass is 9.81. The first-order valence-corrected chi connectivity index (χ1v) is 22.3. The van der Waals surface area contributed by atoms with Crippen molar-refractivity contribution in [1.29, 1.82) is 0 Å². The number of anilines is 2. The van der Waals surface area contributed by atoms with Crippen LogP contribution in [0, 0.1) is 30.6 Å². The number of carbonyl (C=O) groups is 2. The van der Waals surface area contributed by atoms with Gasteiger partial charge < -0.3 is 43.7 Å². The zero-order chi connectivity index (χ0) is 45.8. The maximum absolute atomic E-state index is 15.6. The third kappa shape index (κ3) is 8.31. The van der Waals surface area contributed by atoms with Crippen LogP contribution in [0.25, 0.3) is 38.7 Å². The van der Waals surface area contributed by atoms with Crippen molar-refractivity contribution < 1.29 is 38.2 Å². The van der Waals surface area contributed by atoms with Crippen LogP contribution in [-0.2, 0) is 19.2 Å². The predicted octanol–water partition coefficient (Wildman–Crippen LogP) is 6.70. The minimum Gasteiger partial charge on any atom is -0.505 e. The van der Waals surface area contributed by atoms with Gasteiger partial charge in [0.05, 0.1) is 16.9 Å². The maximum atomic E-state index is 15.6. The highest BCUT2D eigenvalue weighted by molar-refractivity contribution is 6.17. The standard InChI is InChI=1S/C49H59N5O10/c1-25-12-10-13-28(4)48(59)52-42-43(57)38-37(41-46(42)62-36-23-32(22-34(56)40(36)51-41)54-17-15-31(16-18-54)53(8)9)39-45-29(5)44(38)61-35(21-26(2)20-25)33(24-50-64-30(6)55)27(3)14-11-19-60-49(7,63-45)47(39)58/h10-13,19,22-23,25-27,31,33,35,50,58H,14-18,20-21,24H2,1-9H3,(H,52,59)/b12-10+,19-11+,28-13-/t25?,26-,27-,33?,35?,49+/m1/s1. The molecular formula is C49H59N5O10. The number of benzene rings is 3. The second kappa shape index (κ2) is 17.6. The monoisotopic (exact) mass is 877 g/mol. The number of nitrogens with one attached hydrogen (secondary N) is 2. The minimum absolute atomic E-state index is 0.0000688. The van der Waals surface area contributed by atoms with Gasteiger partial charge in [0, 0.05) is 79.8 Å². The topological polar surface area (TPSA) is 182 Å². The Morgan fingerprint density at radius 2 is 1.81 bits per heavy atom. The lowest BCUT2D eigenvalue weighted by molar-refractivity contribution is -0.149. The molecule has 0 aliphatic carbocycles. The Kier molecular flexibility index (Phi) is 12.3. The number of allylic oxidation sites excluding steroid dienone is 4. The van der Waals surface area contributed by atoms with E-state index in [1.165, 1.54) is 13.2 Å². The van der Waals surface area contributed by atoms with E-state index in [0.29, 0.717) is 35.7 Å². The van der Waals surface area contributed by atoms with Gasteiger partial charge in [0.2, 0.25) is 10.9 Å². The molecule has 1 fully saturated rings. The molecule has 1 amide bonds. The molecule has 3 N–H and O–H groups in total. The summed E-state index contributed by atoms with van der Waals surface area (Å²) < 4.78 is 26.7. The van der Waals surface area contributed by atoms with Crippen LogP contribution in [0.2, 0.25) is 0 Å². The minimum atomic E-state index is -1.74. The number of hydrogen-bond donors (Lipinski definition) is 3. The van der Waals surface area contributed by atoms with Crippen molar-refractivity contribution in [2.45, 2.75) is 98.5 Å². The van der Waals surface area contributed by atoms with E-state index in [1.807, 2.05) is 18.2 Å². The number of hydroxylamine groups is 1. The molecule has 0 radical (unpaired) electrons. The zero-order valence-electron chi connectivity index (χ0n) is 38.1. The lowest BCUT2D eigenvalue weighted by Gasteiger charge is -2.36. The fourth-order valence-electron chi connectivity index (χ4n) is 9.82. The van der Waals surface area contributed by atoms with Crippen LogP contribution in [0.15, 0.2) is 62.3 Å². The van der Waals surface area contributed by atoms with Crippen molar-refractivity contribution in [1.82, 2.24) is 15.4 Å². The quantitative estimate of drug-likeness (QED) is 0.110. The van der Waals surface area contributed by atoms with Crippen molar-refractivity contribution in [3.8, 4) is 11.5 Å². The summed E-state index contributed by atoms with van der Waals surface area (Å²) in [6, 6.07) is 3.72. The summed E-state index contributed by atoms with van der Waals surface area (Å²) in [6.45, 7) is 14.3. The van der Waals surface area contributed by atoms with E-state index in [4.69, 9.17) is 28.4 Å². The predicted molar refractivity (Wildman–Crippen MR) is 246 cm³/mol. The third-order valence-electron chi connectivity index (χ3n) is 13.5. The highest BCUT2D eigenvalue weighted by Crippen LogP contribution is 2.44. The summed E-state index contributed by atoms with van der Waals surface area (Å²) in [5, 5.41) is 15.4. The Labute approximate surface area is 371 Å². The molecule has 1 aromatic heterocycles. The number of nitrogens with zero attached hydrogens (tertiary/aromatic N) is 3. The Balaban J connectivity index is 1.46. The van der Waals surface area contributed by atoms with Crippen LogP contribution >= 0.6 is 0 Å². The SMILES string of the molecule is CC(=O)ONCC1C2C[C@H](C)CC(C)/C=C/C=C(/C)C(=O)Nc3c(=O)c4c(c(C)c5c(c4c4nc6c(=O)cc(N7CCC(N(C)C)CC7)cc6oc34)=C(O)[C@@](C)(O/C=C/C[C@H]1C)O5)O2. The molecule has 4 aliphatic heterocycles. The lowest BCUT2D eigenvalue weighted by Crippen LogP contribution is -2.42. The summed E-state index contributed by atoms with van der Waals surface area (Å²) >= 11 is 0. The van der Waals surface area contributed by atoms with Gasteiger partial charge in [-0.3, -0.25) is 19.2 Å². The van der Waals surface area contributed by atoms with E-state index in [1.54, 1.807) is 39.0 Å². The largest absolute Gasteiger partial charge is 0.505 e. The number of amides is 1. The number of rotatable bonds is 5. The summed E-state index contributed by atoms with van der Waals surface area (Å²) in [5.41, 5.74) is 3.05. The molecule has 64 heavy (non-hydrogen) atoms. The molecule has 6 atom stereocenters. The summed E-state index contributed by atoms with van der Waals surface area (Å²) in [6.07, 6.45) is 12.0. The molecule has 4 aliphatic rings. The molecule has 4 aromatic rings. The van der Waals surface area contributed by atoms with E-state index in [2.05, 4.69) is 55.5 Å². The molecule has 5 heterocycles. The number of fused-ring (bicyclic) bond motifs is 8. The molecule has 0 spiro atoms. The zero-order valence-corrected chi connectivity index (χ0v) is 38.1. The van der Waals surface area contributed by atoms with Crippen LogP contribution in [0.5, 0.6) is 11.5 Å². The molecule has 340 valence electrons. The van der Waals surface area contributed by atoms with Gasteiger partial charge in [-0.15, -0.1) is 0 Å². The Bertz CT molecular complexity index is 2810. The number of ether oxygens (including phenoxy) is 3. The van der Waals surface area contributed by atoms with Crippen molar-refractivity contribution in [2.75, 3.05) is 43.9 Å². The number of aliphatic hydroxyl groups excluding tert-OH is 1. The number of carbonyl (C=O) groups excluding carboxylic acids is 2. The summed E-state index contributed by atoms with van der Waals surface area (Å²) in [7, 11) is 4.13. The Hall–Kier alpha value is -5.93. The Morgan fingerprint density at radius 1 is 1.06 bits per heavy atom. The molecule has 3 aromatic carbocycles. The number of aromatic nitrogens is 1. The molecule has 6 bridgehead atoms. The first kappa shape index (κ1) is 44.7. The number of hydrogen-bond acceptors (Lipinski definition) is 14. The molecular weight excluding hydrogens is 819 g/mol. The molecule has 15 heteroatoms. The smallest absolute Gasteiger partial charge is 0.321 e. The molecule has 3 unspecified atom stereocenters. The van der Waals surface area contributed by atoms with Gasteiger partial charge in [-0.2, -0.15) is 5.48 Å². The Morgan fingerprint density at radius 3 is 2.53 bits per heavy atom. The average molecular weight is 878 g/mol. The second-order valence-electron chi connectivity index (χ2n) is 18.6. The van der Waals surface area contributed by atoms with Gasteiger partial charge in [-0.1, -0.05) is 39.0 Å². The van der Waals surface area contributed by atoms with E-state index < -0.39 is 34.6 Å². The average Bonchev–Trinajstić information content (AvgIpc) is 3.51. The first-order valence-electron chi connectivity index (χ1n) is 22.3. The number of piperidine rings is 1. The summed E-state index contributed by atoms with van der Waals surface area (Å²) in [4.78, 5) is 70.5. The molecule has 0 saturated carbocycles. The van der Waals surface area contributed by atoms with Gasteiger partial charge in [-0.05, 0) is 83.9 Å². The van der Waals surface area contributed by atoms with Crippen LogP contribution in [-0.4, -0.2) is 78.5 Å². The van der Waals surface area contributed by atoms with Gasteiger partial charge >= 0.3 is 11.8 Å². The fourth-order valence-corrected chi connectivity index (χ4v) is 9.82. The van der Waals surface area contributed by atoms with E-state index in [9.17, 15) is 19.5 Å². The van der Waals surface area contributed by atoms with Gasteiger partial charge in [-0.25, -0.2) is 4.98 Å². The molecule has 1 saturated heterocycles. The van der Waals surface area contributed by atoms with Crippen LogP contribution in [0.1, 0.15) is 79.2 Å². The first-order chi connectivity index (χ1) is 30.4. The van der Waals surface area contributed by atoms with Crippen LogP contribution in [0.4, 0.5) is 11.4 Å².